The third kappa shape index (κ3) is 8.71. The van der Waals surface area contributed by atoms with E-state index >= 15 is 0 Å². The summed E-state index contributed by atoms with van der Waals surface area (Å²) < 4.78 is 5.75. The number of aryl methyl sites for hydroxylation is 1. The molecular formula is C22H24ClN3O5S2. The number of carbonyl (C=O) groups is 4. The fraction of sp³-hybridized carbons (Fsp3) is 0.318. The molecule has 4 amide bonds. The van der Waals surface area contributed by atoms with Crippen molar-refractivity contribution in [2.45, 2.75) is 31.4 Å². The van der Waals surface area contributed by atoms with Crippen molar-refractivity contribution in [1.82, 2.24) is 15.6 Å². The van der Waals surface area contributed by atoms with Gasteiger partial charge in [0.1, 0.15) is 5.75 Å². The number of thioether (sulfide) groups is 2. The Hall–Kier alpha value is -2.56. The quantitative estimate of drug-likeness (QED) is 0.582. The lowest BCUT2D eigenvalue weighted by molar-refractivity contribution is -0.119. The first-order valence-electron chi connectivity index (χ1n) is 10.1. The molecule has 2 aliphatic rings. The van der Waals surface area contributed by atoms with Crippen molar-refractivity contribution in [3.8, 4) is 5.75 Å². The molecule has 2 saturated heterocycles. The van der Waals surface area contributed by atoms with Gasteiger partial charge in [-0.05, 0) is 42.2 Å². The van der Waals surface area contributed by atoms with Gasteiger partial charge in [0.2, 0.25) is 11.8 Å². The van der Waals surface area contributed by atoms with E-state index in [2.05, 4.69) is 28.6 Å². The number of pyridine rings is 1. The van der Waals surface area contributed by atoms with Crippen LogP contribution in [0.25, 0.3) is 0 Å². The number of hydrogen-bond donors (Lipinski definition) is 2. The first kappa shape index (κ1) is 26.7. The maximum atomic E-state index is 11.6. The second-order valence-corrected chi connectivity index (χ2v) is 9.09. The zero-order valence-electron chi connectivity index (χ0n) is 17.9. The third-order valence-electron chi connectivity index (χ3n) is 4.61. The topological polar surface area (TPSA) is 114 Å². The van der Waals surface area contributed by atoms with Crippen LogP contribution in [-0.4, -0.2) is 44.9 Å². The number of hydrogen-bond acceptors (Lipinski definition) is 8. The van der Waals surface area contributed by atoms with Gasteiger partial charge in [0.15, 0.2) is 0 Å². The van der Waals surface area contributed by atoms with Gasteiger partial charge in [0, 0.05) is 18.3 Å². The molecule has 2 fully saturated rings. The summed E-state index contributed by atoms with van der Waals surface area (Å²) in [5.41, 5.74) is 3.25. The molecule has 0 spiro atoms. The summed E-state index contributed by atoms with van der Waals surface area (Å²) >= 11 is 2.05. The van der Waals surface area contributed by atoms with Gasteiger partial charge in [0.05, 0.1) is 17.6 Å². The standard InChI is InChI=1S/C19H20N2O3S.C3H3NO2S.ClH/c1-2-13-3-6-15(20-12-13)9-10-24-16-7-4-14(5-8-16)11-17-18(22)21-19(23)25-17;5-2-1-7-3(6)4-2;/h3-8,12,17H,2,9-11H2,1H3,(H,21,22,23);1H2,(H,4,5,6);1H. The second-order valence-electron chi connectivity index (χ2n) is 6.97. The van der Waals surface area contributed by atoms with Crippen LogP contribution in [0.3, 0.4) is 0 Å². The fourth-order valence-electron chi connectivity index (χ4n) is 2.87. The Labute approximate surface area is 206 Å². The fourth-order valence-corrected chi connectivity index (χ4v) is 4.25. The van der Waals surface area contributed by atoms with E-state index in [1.54, 1.807) is 0 Å². The van der Waals surface area contributed by atoms with Crippen molar-refractivity contribution in [3.63, 3.8) is 0 Å². The molecule has 0 saturated carbocycles. The van der Waals surface area contributed by atoms with Gasteiger partial charge < -0.3 is 4.74 Å². The Morgan fingerprint density at radius 3 is 2.21 bits per heavy atom. The minimum absolute atomic E-state index is 0. The Bertz CT molecular complexity index is 973. The molecule has 2 N–H and O–H groups in total. The molecule has 1 atom stereocenters. The maximum absolute atomic E-state index is 11.6. The first-order valence-corrected chi connectivity index (χ1v) is 11.9. The van der Waals surface area contributed by atoms with E-state index in [-0.39, 0.29) is 39.9 Å². The number of benzene rings is 1. The Morgan fingerprint density at radius 2 is 1.73 bits per heavy atom. The molecule has 1 aromatic carbocycles. The molecule has 176 valence electrons. The number of nitrogens with zero attached hydrogens (tertiary/aromatic N) is 1. The van der Waals surface area contributed by atoms with E-state index in [0.29, 0.717) is 18.8 Å². The molecule has 33 heavy (non-hydrogen) atoms. The molecule has 0 aliphatic carbocycles. The largest absolute Gasteiger partial charge is 0.493 e. The highest BCUT2D eigenvalue weighted by atomic mass is 35.5. The van der Waals surface area contributed by atoms with Crippen LogP contribution in [0.15, 0.2) is 42.6 Å². The SMILES string of the molecule is CCc1ccc(CCOc2ccc(CC3SC(=O)NC3=O)cc2)nc1.Cl.O=C1CSC(=O)N1. The van der Waals surface area contributed by atoms with Gasteiger partial charge in [-0.25, -0.2) is 0 Å². The van der Waals surface area contributed by atoms with E-state index in [9.17, 15) is 19.2 Å². The molecule has 1 aromatic heterocycles. The molecule has 2 aliphatic heterocycles. The van der Waals surface area contributed by atoms with Crippen LogP contribution in [0, 0.1) is 0 Å². The van der Waals surface area contributed by atoms with Gasteiger partial charge in [-0.15, -0.1) is 12.4 Å². The number of rotatable bonds is 7. The minimum atomic E-state index is -0.337. The molecule has 0 radical (unpaired) electrons. The number of carbonyl (C=O) groups excluding carboxylic acids is 4. The summed E-state index contributed by atoms with van der Waals surface area (Å²) in [6.45, 7) is 2.67. The van der Waals surface area contributed by atoms with Crippen molar-refractivity contribution in [2.75, 3.05) is 12.4 Å². The van der Waals surface area contributed by atoms with Crippen molar-refractivity contribution in [3.05, 3.63) is 59.4 Å². The van der Waals surface area contributed by atoms with E-state index in [1.807, 2.05) is 36.5 Å². The van der Waals surface area contributed by atoms with Gasteiger partial charge in [-0.3, -0.25) is 34.8 Å². The molecular weight excluding hydrogens is 486 g/mol. The van der Waals surface area contributed by atoms with Crippen molar-refractivity contribution < 1.29 is 23.9 Å². The van der Waals surface area contributed by atoms with Crippen LogP contribution in [0.4, 0.5) is 9.59 Å². The highest BCUT2D eigenvalue weighted by Gasteiger charge is 2.31. The molecule has 8 nitrogen and oxygen atoms in total. The second kappa shape index (κ2) is 13.2. The average Bonchev–Trinajstić information content (AvgIpc) is 3.32. The lowest BCUT2D eigenvalue weighted by Crippen LogP contribution is -2.25. The highest BCUT2D eigenvalue weighted by Crippen LogP contribution is 2.24. The smallest absolute Gasteiger partial charge is 0.286 e. The van der Waals surface area contributed by atoms with Crippen LogP contribution < -0.4 is 15.4 Å². The summed E-state index contributed by atoms with van der Waals surface area (Å²) in [6, 6.07) is 11.8. The lowest BCUT2D eigenvalue weighted by Gasteiger charge is -2.09. The highest BCUT2D eigenvalue weighted by molar-refractivity contribution is 8.15. The van der Waals surface area contributed by atoms with Crippen LogP contribution >= 0.6 is 35.9 Å². The van der Waals surface area contributed by atoms with Gasteiger partial charge in [-0.2, -0.15) is 0 Å². The zero-order chi connectivity index (χ0) is 22.9. The third-order valence-corrected chi connectivity index (χ3v) is 6.36. The average molecular weight is 510 g/mol. The summed E-state index contributed by atoms with van der Waals surface area (Å²) in [5, 5.41) is 3.57. The molecule has 1 unspecified atom stereocenters. The first-order chi connectivity index (χ1) is 15.4. The van der Waals surface area contributed by atoms with E-state index in [0.717, 1.165) is 53.4 Å². The predicted molar refractivity (Wildman–Crippen MR) is 131 cm³/mol. The Kier molecular flexibility index (Phi) is 10.7. The molecule has 2 aromatic rings. The monoisotopic (exact) mass is 509 g/mol. The summed E-state index contributed by atoms with van der Waals surface area (Å²) in [5.74, 6) is 0.680. The number of ether oxygens (including phenoxy) is 1. The Balaban J connectivity index is 0.000000413. The van der Waals surface area contributed by atoms with Crippen LogP contribution in [0.5, 0.6) is 5.75 Å². The van der Waals surface area contributed by atoms with E-state index < -0.39 is 0 Å². The maximum Gasteiger partial charge on any atom is 0.286 e. The van der Waals surface area contributed by atoms with E-state index in [4.69, 9.17) is 4.74 Å². The van der Waals surface area contributed by atoms with E-state index in [1.165, 1.54) is 5.56 Å². The van der Waals surface area contributed by atoms with Gasteiger partial charge in [0.25, 0.3) is 10.5 Å². The predicted octanol–water partition coefficient (Wildman–Crippen LogP) is 3.55. The summed E-state index contributed by atoms with van der Waals surface area (Å²) in [7, 11) is 0. The molecule has 11 heteroatoms. The van der Waals surface area contributed by atoms with Gasteiger partial charge in [-0.1, -0.05) is 48.6 Å². The molecule has 0 bridgehead atoms. The minimum Gasteiger partial charge on any atom is -0.493 e. The molecule has 3 heterocycles. The van der Waals surface area contributed by atoms with Gasteiger partial charge >= 0.3 is 0 Å². The van der Waals surface area contributed by atoms with Crippen molar-refractivity contribution in [1.29, 1.82) is 0 Å². The number of imide groups is 2. The summed E-state index contributed by atoms with van der Waals surface area (Å²) in [6.07, 6.45) is 4.19. The van der Waals surface area contributed by atoms with Crippen molar-refractivity contribution >= 4 is 58.2 Å². The lowest BCUT2D eigenvalue weighted by atomic mass is 10.1. The molecule has 4 rings (SSSR count). The van der Waals surface area contributed by atoms with Crippen LogP contribution in [-0.2, 0) is 28.9 Å². The number of amides is 4. The number of aromatic nitrogens is 1. The Morgan fingerprint density at radius 1 is 1.00 bits per heavy atom. The zero-order valence-corrected chi connectivity index (χ0v) is 20.3. The normalized spacial score (nSPS) is 16.9. The number of nitrogens with one attached hydrogen (secondary N) is 2. The van der Waals surface area contributed by atoms with Crippen molar-refractivity contribution in [2.24, 2.45) is 0 Å². The number of halogens is 1. The van der Waals surface area contributed by atoms with Crippen LogP contribution in [0.1, 0.15) is 23.7 Å². The summed E-state index contributed by atoms with van der Waals surface area (Å²) in [4.78, 5) is 47.4. The van der Waals surface area contributed by atoms with Crippen LogP contribution in [0.2, 0.25) is 0 Å².